The molecule has 0 N–H and O–H groups in total. The maximum atomic E-state index is 5.97. The summed E-state index contributed by atoms with van der Waals surface area (Å²) in [7, 11) is 0. The van der Waals surface area contributed by atoms with Gasteiger partial charge in [0.15, 0.2) is 3.92 Å². The highest BCUT2D eigenvalue weighted by atomic mass is 79.9. The van der Waals surface area contributed by atoms with Crippen LogP contribution >= 0.6 is 62.1 Å². The molecule has 0 amide bonds. The number of hydrogen-bond donors (Lipinski definition) is 0. The predicted molar refractivity (Wildman–Crippen MR) is 62.4 cm³/mol. The zero-order chi connectivity index (χ0) is 9.59. The van der Waals surface area contributed by atoms with Crippen LogP contribution < -0.4 is 0 Å². The first-order valence-electron chi connectivity index (χ1n) is 3.19. The summed E-state index contributed by atoms with van der Waals surface area (Å²) in [6.07, 6.45) is 0. The van der Waals surface area contributed by atoms with Gasteiger partial charge in [-0.1, -0.05) is 34.8 Å². The van der Waals surface area contributed by atoms with Gasteiger partial charge < -0.3 is 0 Å². The first kappa shape index (κ1) is 9.99. The van der Waals surface area contributed by atoms with Crippen LogP contribution in [0.15, 0.2) is 9.98 Å². The summed E-state index contributed by atoms with van der Waals surface area (Å²) in [6.45, 7) is 0. The van der Waals surface area contributed by atoms with Crippen LogP contribution in [-0.2, 0) is 0 Å². The molecule has 0 bridgehead atoms. The number of nitrogens with zero attached hydrogens (tertiary/aromatic N) is 1. The predicted octanol–water partition coefficient (Wildman–Crippen LogP) is 5.02. The fraction of sp³-hybridized carbons (Fsp3) is 0. The van der Waals surface area contributed by atoms with Crippen molar-refractivity contribution in [1.82, 2.24) is 4.98 Å². The fourth-order valence-electron chi connectivity index (χ4n) is 0.956. The van der Waals surface area contributed by atoms with Gasteiger partial charge in [0.05, 0.1) is 19.8 Å². The standard InChI is InChI=1S/C7HBrCl3NS/c8-7-12-5-3(10)1-2(9)4(11)6(5)13-7/h1H. The van der Waals surface area contributed by atoms with Crippen LogP contribution in [0.5, 0.6) is 0 Å². The lowest BCUT2D eigenvalue weighted by atomic mass is 10.3. The Morgan fingerprint density at radius 2 is 1.92 bits per heavy atom. The Bertz CT molecular complexity index is 482. The summed E-state index contributed by atoms with van der Waals surface area (Å²) in [6, 6.07) is 1.60. The topological polar surface area (TPSA) is 12.9 Å². The average molecular weight is 317 g/mol. The Labute approximate surface area is 102 Å². The van der Waals surface area contributed by atoms with Gasteiger partial charge in [-0.2, -0.15) is 0 Å². The van der Waals surface area contributed by atoms with Gasteiger partial charge in [-0.3, -0.25) is 0 Å². The van der Waals surface area contributed by atoms with E-state index in [0.29, 0.717) is 20.6 Å². The first-order chi connectivity index (χ1) is 6.09. The lowest BCUT2D eigenvalue weighted by Gasteiger charge is -1.97. The highest BCUT2D eigenvalue weighted by Crippen LogP contribution is 2.40. The van der Waals surface area contributed by atoms with Gasteiger partial charge in [-0.05, 0) is 22.0 Å². The molecule has 6 heteroatoms. The molecule has 0 saturated carbocycles. The number of fused-ring (bicyclic) bond motifs is 1. The van der Waals surface area contributed by atoms with Gasteiger partial charge in [-0.25, -0.2) is 4.98 Å². The zero-order valence-corrected chi connectivity index (χ0v) is 10.6. The maximum Gasteiger partial charge on any atom is 0.160 e. The lowest BCUT2D eigenvalue weighted by molar-refractivity contribution is 1.45. The van der Waals surface area contributed by atoms with Crippen molar-refractivity contribution in [3.8, 4) is 0 Å². The molecule has 0 aliphatic carbocycles. The van der Waals surface area contributed by atoms with Crippen LogP contribution in [-0.4, -0.2) is 4.98 Å². The van der Waals surface area contributed by atoms with Crippen LogP contribution in [0, 0.1) is 0 Å². The molecule has 1 nitrogen and oxygen atoms in total. The summed E-state index contributed by atoms with van der Waals surface area (Å²) >= 11 is 22.4. The van der Waals surface area contributed by atoms with Crippen LogP contribution in [0.2, 0.25) is 15.1 Å². The van der Waals surface area contributed by atoms with E-state index in [1.165, 1.54) is 11.3 Å². The second kappa shape index (κ2) is 3.55. The molecule has 0 radical (unpaired) electrons. The van der Waals surface area contributed by atoms with E-state index in [9.17, 15) is 0 Å². The van der Waals surface area contributed by atoms with Gasteiger partial charge in [-0.15, -0.1) is 11.3 Å². The second-order valence-corrected chi connectivity index (χ2v) is 5.77. The summed E-state index contributed by atoms with van der Waals surface area (Å²) in [5.41, 5.74) is 0.688. The summed E-state index contributed by atoms with van der Waals surface area (Å²) in [4.78, 5) is 4.17. The van der Waals surface area contributed by atoms with Crippen LogP contribution in [0.3, 0.4) is 0 Å². The van der Waals surface area contributed by atoms with Crippen molar-refractivity contribution >= 4 is 72.3 Å². The van der Waals surface area contributed by atoms with Crippen LogP contribution in [0.25, 0.3) is 10.2 Å². The van der Waals surface area contributed by atoms with E-state index >= 15 is 0 Å². The SMILES string of the molecule is Clc1cc(Cl)c2nc(Br)sc2c1Cl. The molecule has 0 spiro atoms. The summed E-state index contributed by atoms with van der Waals surface area (Å²) in [5, 5.41) is 1.48. The molecule has 0 fully saturated rings. The van der Waals surface area contributed by atoms with E-state index in [0.717, 1.165) is 8.62 Å². The van der Waals surface area contributed by atoms with E-state index in [1.54, 1.807) is 6.07 Å². The molecule has 1 heterocycles. The highest BCUT2D eigenvalue weighted by Gasteiger charge is 2.12. The molecule has 2 aromatic rings. The Kier molecular flexibility index (Phi) is 2.73. The molecule has 0 saturated heterocycles. The molecule has 0 unspecified atom stereocenters. The van der Waals surface area contributed by atoms with Crippen molar-refractivity contribution in [3.05, 3.63) is 25.1 Å². The number of benzene rings is 1. The highest BCUT2D eigenvalue weighted by molar-refractivity contribution is 9.11. The van der Waals surface area contributed by atoms with E-state index < -0.39 is 0 Å². The van der Waals surface area contributed by atoms with Gasteiger partial charge in [0.2, 0.25) is 0 Å². The van der Waals surface area contributed by atoms with Gasteiger partial charge in [0.1, 0.15) is 5.52 Å². The third kappa shape index (κ3) is 1.68. The number of thiazole rings is 1. The third-order valence-corrected chi connectivity index (χ3v) is 4.20. The van der Waals surface area contributed by atoms with Crippen molar-refractivity contribution in [2.45, 2.75) is 0 Å². The molecular formula is C7HBrCl3NS. The minimum Gasteiger partial charge on any atom is -0.227 e. The Morgan fingerprint density at radius 3 is 2.62 bits per heavy atom. The van der Waals surface area contributed by atoms with Crippen molar-refractivity contribution in [1.29, 1.82) is 0 Å². The first-order valence-corrected chi connectivity index (χ1v) is 5.93. The number of hydrogen-bond acceptors (Lipinski definition) is 2. The molecule has 68 valence electrons. The lowest BCUT2D eigenvalue weighted by Crippen LogP contribution is -1.74. The van der Waals surface area contributed by atoms with Crippen molar-refractivity contribution in [2.75, 3.05) is 0 Å². The molecule has 1 aromatic heterocycles. The molecule has 0 aliphatic rings. The van der Waals surface area contributed by atoms with Crippen LogP contribution in [0.1, 0.15) is 0 Å². The molecule has 13 heavy (non-hydrogen) atoms. The van der Waals surface area contributed by atoms with Gasteiger partial charge in [0.25, 0.3) is 0 Å². The molecule has 0 atom stereocenters. The van der Waals surface area contributed by atoms with E-state index in [1.807, 2.05) is 0 Å². The average Bonchev–Trinajstić information content (AvgIpc) is 2.44. The third-order valence-electron chi connectivity index (χ3n) is 1.49. The molecule has 1 aromatic carbocycles. The normalized spacial score (nSPS) is 11.1. The number of aromatic nitrogens is 1. The van der Waals surface area contributed by atoms with E-state index in [-0.39, 0.29) is 0 Å². The largest absolute Gasteiger partial charge is 0.227 e. The van der Waals surface area contributed by atoms with Crippen molar-refractivity contribution < 1.29 is 0 Å². The smallest absolute Gasteiger partial charge is 0.160 e. The van der Waals surface area contributed by atoms with Crippen LogP contribution in [0.4, 0.5) is 0 Å². The Hall–Kier alpha value is 0.460. The minimum atomic E-state index is 0.454. The zero-order valence-electron chi connectivity index (χ0n) is 5.94. The van der Waals surface area contributed by atoms with Gasteiger partial charge in [0, 0.05) is 0 Å². The van der Waals surface area contributed by atoms with Crippen molar-refractivity contribution in [3.63, 3.8) is 0 Å². The number of rotatable bonds is 0. The Balaban J connectivity index is 2.95. The Morgan fingerprint density at radius 1 is 1.23 bits per heavy atom. The minimum absolute atomic E-state index is 0.454. The summed E-state index contributed by atoms with van der Waals surface area (Å²) < 4.78 is 1.56. The van der Waals surface area contributed by atoms with Crippen molar-refractivity contribution in [2.24, 2.45) is 0 Å². The van der Waals surface area contributed by atoms with E-state index in [2.05, 4.69) is 20.9 Å². The maximum absolute atomic E-state index is 5.97. The quantitative estimate of drug-likeness (QED) is 0.622. The number of halogens is 4. The monoisotopic (exact) mass is 315 g/mol. The molecular weight excluding hydrogens is 316 g/mol. The molecule has 0 aliphatic heterocycles. The molecule has 2 rings (SSSR count). The second-order valence-electron chi connectivity index (χ2n) is 2.30. The van der Waals surface area contributed by atoms with E-state index in [4.69, 9.17) is 34.8 Å². The summed E-state index contributed by atoms with van der Waals surface area (Å²) in [5.74, 6) is 0. The fourth-order valence-corrected chi connectivity index (χ4v) is 3.25. The van der Waals surface area contributed by atoms with Gasteiger partial charge >= 0.3 is 0 Å².